The Labute approximate surface area is 157 Å². The molecule has 0 atom stereocenters. The van der Waals surface area contributed by atoms with E-state index in [1.807, 2.05) is 37.6 Å². The van der Waals surface area contributed by atoms with Crippen LogP contribution < -0.4 is 16.4 Å². The van der Waals surface area contributed by atoms with Crippen molar-refractivity contribution in [3.63, 3.8) is 0 Å². The third-order valence-corrected chi connectivity index (χ3v) is 4.13. The number of benzene rings is 1. The molecule has 2 heterocycles. The van der Waals surface area contributed by atoms with Crippen molar-refractivity contribution in [2.45, 2.75) is 12.8 Å². The van der Waals surface area contributed by atoms with Crippen molar-refractivity contribution < 1.29 is 4.79 Å². The highest BCUT2D eigenvalue weighted by molar-refractivity contribution is 5.94. The minimum absolute atomic E-state index is 0.0918. The maximum atomic E-state index is 12.3. The Morgan fingerprint density at radius 1 is 1.22 bits per heavy atom. The van der Waals surface area contributed by atoms with Crippen molar-refractivity contribution in [3.05, 3.63) is 53.9 Å². The van der Waals surface area contributed by atoms with Crippen molar-refractivity contribution in [1.82, 2.24) is 25.1 Å². The molecule has 0 aliphatic rings. The third kappa shape index (κ3) is 4.81. The second-order valence-electron chi connectivity index (χ2n) is 6.21. The van der Waals surface area contributed by atoms with E-state index in [1.165, 1.54) is 5.56 Å². The van der Waals surface area contributed by atoms with E-state index >= 15 is 0 Å². The highest BCUT2D eigenvalue weighted by Gasteiger charge is 2.08. The zero-order valence-corrected chi connectivity index (χ0v) is 15.4. The van der Waals surface area contributed by atoms with Gasteiger partial charge in [-0.05, 0) is 30.5 Å². The van der Waals surface area contributed by atoms with E-state index < -0.39 is 0 Å². The molecule has 3 aromatic rings. The van der Waals surface area contributed by atoms with Gasteiger partial charge in [0, 0.05) is 44.0 Å². The summed E-state index contributed by atoms with van der Waals surface area (Å²) in [6.45, 7) is 0.615. The van der Waals surface area contributed by atoms with Gasteiger partial charge in [0.2, 0.25) is 5.95 Å². The fourth-order valence-corrected chi connectivity index (χ4v) is 2.73. The lowest BCUT2D eigenvalue weighted by Gasteiger charge is -2.07. The van der Waals surface area contributed by atoms with Crippen LogP contribution in [0.1, 0.15) is 22.3 Å². The minimum atomic E-state index is -0.0918. The first kappa shape index (κ1) is 18.4. The van der Waals surface area contributed by atoms with Crippen LogP contribution in [0.4, 0.5) is 11.8 Å². The van der Waals surface area contributed by atoms with E-state index in [9.17, 15) is 4.79 Å². The summed E-state index contributed by atoms with van der Waals surface area (Å²) in [6.07, 6.45) is 5.58. The van der Waals surface area contributed by atoms with Crippen LogP contribution in [-0.2, 0) is 13.5 Å². The maximum absolute atomic E-state index is 12.3. The molecule has 0 saturated carbocycles. The van der Waals surface area contributed by atoms with Gasteiger partial charge in [-0.15, -0.1) is 0 Å². The van der Waals surface area contributed by atoms with Crippen molar-refractivity contribution in [1.29, 1.82) is 0 Å². The summed E-state index contributed by atoms with van der Waals surface area (Å²) in [5.74, 6) is 0.756. The summed E-state index contributed by atoms with van der Waals surface area (Å²) in [5.41, 5.74) is 9.08. The summed E-state index contributed by atoms with van der Waals surface area (Å²) < 4.78 is 1.78. The normalized spacial score (nSPS) is 10.6. The SMILES string of the molecule is CNc1cc(-c2ccc(C(=O)NCCCc3cnn(C)c3)cc2)nc(N)n1. The van der Waals surface area contributed by atoms with Gasteiger partial charge in [0.1, 0.15) is 5.82 Å². The van der Waals surface area contributed by atoms with Crippen molar-refractivity contribution >= 4 is 17.7 Å². The molecule has 8 heteroatoms. The fourth-order valence-electron chi connectivity index (χ4n) is 2.73. The van der Waals surface area contributed by atoms with Gasteiger partial charge in [-0.25, -0.2) is 4.98 Å². The fraction of sp³-hybridized carbons (Fsp3) is 0.263. The van der Waals surface area contributed by atoms with E-state index in [-0.39, 0.29) is 11.9 Å². The molecule has 27 heavy (non-hydrogen) atoms. The summed E-state index contributed by atoms with van der Waals surface area (Å²) in [6, 6.07) is 9.08. The number of nitrogens with one attached hydrogen (secondary N) is 2. The lowest BCUT2D eigenvalue weighted by Crippen LogP contribution is -2.24. The summed E-state index contributed by atoms with van der Waals surface area (Å²) in [4.78, 5) is 20.6. The lowest BCUT2D eigenvalue weighted by molar-refractivity contribution is 0.0953. The molecule has 4 N–H and O–H groups in total. The van der Waals surface area contributed by atoms with E-state index in [0.717, 1.165) is 18.4 Å². The number of aromatic nitrogens is 4. The zero-order valence-electron chi connectivity index (χ0n) is 15.4. The van der Waals surface area contributed by atoms with Crippen LogP contribution in [-0.4, -0.2) is 39.2 Å². The Balaban J connectivity index is 1.56. The summed E-state index contributed by atoms with van der Waals surface area (Å²) >= 11 is 0. The molecule has 0 bridgehead atoms. The molecular weight excluding hydrogens is 342 g/mol. The number of hydrogen-bond donors (Lipinski definition) is 3. The van der Waals surface area contributed by atoms with Crippen molar-refractivity contribution in [2.24, 2.45) is 7.05 Å². The largest absolute Gasteiger partial charge is 0.373 e. The number of nitrogens with zero attached hydrogens (tertiary/aromatic N) is 4. The van der Waals surface area contributed by atoms with Gasteiger partial charge >= 0.3 is 0 Å². The highest BCUT2D eigenvalue weighted by atomic mass is 16.1. The van der Waals surface area contributed by atoms with E-state index in [4.69, 9.17) is 5.73 Å². The number of hydrogen-bond acceptors (Lipinski definition) is 6. The molecule has 0 aliphatic heterocycles. The molecule has 140 valence electrons. The minimum Gasteiger partial charge on any atom is -0.373 e. The van der Waals surface area contributed by atoms with Crippen LogP contribution >= 0.6 is 0 Å². The molecule has 1 aromatic carbocycles. The number of anilines is 2. The van der Waals surface area contributed by atoms with Crippen molar-refractivity contribution in [3.8, 4) is 11.3 Å². The molecule has 0 unspecified atom stereocenters. The molecule has 8 nitrogen and oxygen atoms in total. The number of nitrogens with two attached hydrogens (primary N) is 1. The molecular formula is C19H23N7O. The molecule has 3 rings (SSSR count). The predicted molar refractivity (Wildman–Crippen MR) is 105 cm³/mol. The number of carbonyl (C=O) groups is 1. The molecule has 0 fully saturated rings. The van der Waals surface area contributed by atoms with Gasteiger partial charge in [0.05, 0.1) is 11.9 Å². The second-order valence-corrected chi connectivity index (χ2v) is 6.21. The zero-order chi connectivity index (χ0) is 19.2. The number of rotatable bonds is 7. The number of amides is 1. The number of aryl methyl sites for hydroxylation is 2. The first-order valence-corrected chi connectivity index (χ1v) is 8.73. The quantitative estimate of drug-likeness (QED) is 0.551. The number of nitrogen functional groups attached to an aromatic ring is 1. The van der Waals surface area contributed by atoms with Crippen LogP contribution in [0, 0.1) is 0 Å². The van der Waals surface area contributed by atoms with Gasteiger partial charge in [-0.2, -0.15) is 10.1 Å². The predicted octanol–water partition coefficient (Wildman–Crippen LogP) is 1.86. The Morgan fingerprint density at radius 3 is 2.67 bits per heavy atom. The second kappa shape index (κ2) is 8.31. The average molecular weight is 365 g/mol. The Kier molecular flexibility index (Phi) is 5.65. The Hall–Kier alpha value is -3.42. The van der Waals surface area contributed by atoms with Crippen LogP contribution in [0.5, 0.6) is 0 Å². The van der Waals surface area contributed by atoms with Crippen molar-refractivity contribution in [2.75, 3.05) is 24.6 Å². The summed E-state index contributed by atoms with van der Waals surface area (Å²) in [7, 11) is 3.66. The first-order chi connectivity index (χ1) is 13.0. The van der Waals surface area contributed by atoms with E-state index in [1.54, 1.807) is 23.9 Å². The van der Waals surface area contributed by atoms with Gasteiger partial charge in [0.15, 0.2) is 0 Å². The average Bonchev–Trinajstić information content (AvgIpc) is 3.09. The lowest BCUT2D eigenvalue weighted by atomic mass is 10.1. The van der Waals surface area contributed by atoms with Gasteiger partial charge in [-0.1, -0.05) is 12.1 Å². The van der Waals surface area contributed by atoms with Gasteiger partial charge < -0.3 is 16.4 Å². The standard InChI is InChI=1S/C19H23N7O/c1-21-17-10-16(24-19(20)25-17)14-5-7-15(8-6-14)18(27)22-9-3-4-13-11-23-26(2)12-13/h5-8,10-12H,3-4,9H2,1-2H3,(H,22,27)(H3,20,21,24,25). The number of carbonyl (C=O) groups excluding carboxylic acids is 1. The molecule has 0 saturated heterocycles. The Bertz CT molecular complexity index is 918. The molecule has 0 spiro atoms. The third-order valence-electron chi connectivity index (χ3n) is 4.13. The topological polar surface area (TPSA) is 111 Å². The molecule has 1 amide bonds. The highest BCUT2D eigenvalue weighted by Crippen LogP contribution is 2.21. The summed E-state index contributed by atoms with van der Waals surface area (Å²) in [5, 5.41) is 10.0. The van der Waals surface area contributed by atoms with E-state index in [0.29, 0.717) is 23.6 Å². The van der Waals surface area contributed by atoms with Crippen LogP contribution in [0.3, 0.4) is 0 Å². The molecule has 0 aliphatic carbocycles. The van der Waals surface area contributed by atoms with Gasteiger partial charge in [-0.3, -0.25) is 9.48 Å². The van der Waals surface area contributed by atoms with Crippen LogP contribution in [0.25, 0.3) is 11.3 Å². The van der Waals surface area contributed by atoms with E-state index in [2.05, 4.69) is 25.7 Å². The first-order valence-electron chi connectivity index (χ1n) is 8.73. The molecule has 0 radical (unpaired) electrons. The smallest absolute Gasteiger partial charge is 0.251 e. The van der Waals surface area contributed by atoms with Crippen LogP contribution in [0.15, 0.2) is 42.7 Å². The molecule has 2 aromatic heterocycles. The maximum Gasteiger partial charge on any atom is 0.251 e. The monoisotopic (exact) mass is 365 g/mol. The van der Waals surface area contributed by atoms with Gasteiger partial charge in [0.25, 0.3) is 5.91 Å². The Morgan fingerprint density at radius 2 is 2.00 bits per heavy atom. The van der Waals surface area contributed by atoms with Crippen LogP contribution in [0.2, 0.25) is 0 Å².